The Morgan fingerprint density at radius 1 is 0.941 bits per heavy atom. The molecule has 10 heteroatoms. The number of aryl methyl sites for hydroxylation is 1. The third kappa shape index (κ3) is 6.34. The second-order valence-corrected chi connectivity index (χ2v) is 8.74. The van der Waals surface area contributed by atoms with Gasteiger partial charge in [-0.2, -0.15) is 4.98 Å². The van der Waals surface area contributed by atoms with Gasteiger partial charge in [-0.15, -0.1) is 0 Å². The highest BCUT2D eigenvalue weighted by Crippen LogP contribution is 2.20. The molecule has 2 saturated heterocycles. The van der Waals surface area contributed by atoms with E-state index >= 15 is 0 Å². The first kappa shape index (κ1) is 23.7. The summed E-state index contributed by atoms with van der Waals surface area (Å²) in [6, 6.07) is 11.5. The van der Waals surface area contributed by atoms with E-state index in [0.29, 0.717) is 32.1 Å². The number of aromatic nitrogens is 2. The summed E-state index contributed by atoms with van der Waals surface area (Å²) in [7, 11) is 2.14. The summed E-state index contributed by atoms with van der Waals surface area (Å²) >= 11 is 0. The Bertz CT molecular complexity index is 972. The lowest BCUT2D eigenvalue weighted by Crippen LogP contribution is -2.51. The summed E-state index contributed by atoms with van der Waals surface area (Å²) in [6.07, 6.45) is -0.597. The molecule has 3 heterocycles. The molecule has 182 valence electrons. The molecule has 0 atom stereocenters. The number of nitrogens with zero attached hydrogens (tertiary/aromatic N) is 6. The van der Waals surface area contributed by atoms with Crippen LogP contribution in [0.4, 0.5) is 16.6 Å². The van der Waals surface area contributed by atoms with E-state index in [9.17, 15) is 9.59 Å². The predicted molar refractivity (Wildman–Crippen MR) is 130 cm³/mol. The zero-order valence-corrected chi connectivity index (χ0v) is 19.9. The van der Waals surface area contributed by atoms with Gasteiger partial charge in [0.1, 0.15) is 19.0 Å². The van der Waals surface area contributed by atoms with Gasteiger partial charge in [0.05, 0.1) is 0 Å². The van der Waals surface area contributed by atoms with Gasteiger partial charge in [0.2, 0.25) is 11.9 Å². The number of hydrogen-bond donors (Lipinski definition) is 1. The third-order valence-electron chi connectivity index (χ3n) is 6.17. The minimum absolute atomic E-state index is 0.0812. The minimum Gasteiger partial charge on any atom is -0.445 e. The number of carbonyl (C=O) groups excluding carboxylic acids is 2. The van der Waals surface area contributed by atoms with Crippen LogP contribution in [-0.2, 0) is 16.1 Å². The van der Waals surface area contributed by atoms with Crippen molar-refractivity contribution in [1.82, 2.24) is 25.1 Å². The van der Waals surface area contributed by atoms with E-state index in [1.54, 1.807) is 4.90 Å². The van der Waals surface area contributed by atoms with Gasteiger partial charge in [-0.05, 0) is 19.5 Å². The quantitative estimate of drug-likeness (QED) is 0.675. The molecule has 2 fully saturated rings. The highest BCUT2D eigenvalue weighted by Gasteiger charge is 2.24. The molecule has 1 N–H and O–H groups in total. The van der Waals surface area contributed by atoms with Crippen molar-refractivity contribution in [2.45, 2.75) is 13.5 Å². The Morgan fingerprint density at radius 2 is 1.62 bits per heavy atom. The Balaban J connectivity index is 1.23. The van der Waals surface area contributed by atoms with Crippen LogP contribution >= 0.6 is 0 Å². The van der Waals surface area contributed by atoms with E-state index < -0.39 is 6.09 Å². The van der Waals surface area contributed by atoms with Gasteiger partial charge in [0.25, 0.3) is 0 Å². The molecule has 0 aliphatic carbocycles. The van der Waals surface area contributed by atoms with Gasteiger partial charge in [0.15, 0.2) is 0 Å². The fourth-order valence-corrected chi connectivity index (χ4v) is 4.07. The van der Waals surface area contributed by atoms with Crippen molar-refractivity contribution in [2.75, 3.05) is 75.8 Å². The number of piperazine rings is 2. The smallest absolute Gasteiger partial charge is 0.407 e. The van der Waals surface area contributed by atoms with Crippen molar-refractivity contribution in [3.63, 3.8) is 0 Å². The standard InChI is InChI=1S/C24H33N7O3/c1-19-16-21(29-10-8-28(2)9-11-29)27-23(26-19)31-14-12-30(13-15-31)22(32)17-25-24(33)34-18-20-6-4-3-5-7-20/h3-7,16H,8-15,17-18H2,1-2H3,(H,25,33). The van der Waals surface area contributed by atoms with Gasteiger partial charge in [-0.3, -0.25) is 4.79 Å². The molecule has 0 spiro atoms. The molecule has 2 aromatic rings. The molecule has 10 nitrogen and oxygen atoms in total. The summed E-state index contributed by atoms with van der Waals surface area (Å²) in [5, 5.41) is 2.55. The minimum atomic E-state index is -0.597. The number of carbonyl (C=O) groups is 2. The number of amides is 2. The molecule has 1 aromatic carbocycles. The zero-order valence-electron chi connectivity index (χ0n) is 19.9. The number of likely N-dealkylation sites (N-methyl/N-ethyl adjacent to an activating group) is 1. The van der Waals surface area contributed by atoms with Gasteiger partial charge in [0, 0.05) is 64.1 Å². The van der Waals surface area contributed by atoms with Crippen molar-refractivity contribution in [1.29, 1.82) is 0 Å². The predicted octanol–water partition coefficient (Wildman–Crippen LogP) is 1.11. The molecular weight excluding hydrogens is 434 g/mol. The summed E-state index contributed by atoms with van der Waals surface area (Å²) in [5.41, 5.74) is 1.84. The number of hydrogen-bond acceptors (Lipinski definition) is 8. The average molecular weight is 468 g/mol. The van der Waals surface area contributed by atoms with Crippen molar-refractivity contribution >= 4 is 23.8 Å². The van der Waals surface area contributed by atoms with E-state index in [2.05, 4.69) is 32.0 Å². The van der Waals surface area contributed by atoms with Gasteiger partial charge < -0.3 is 29.7 Å². The fraction of sp³-hybridized carbons (Fsp3) is 0.500. The van der Waals surface area contributed by atoms with Gasteiger partial charge in [-0.1, -0.05) is 30.3 Å². The lowest BCUT2D eigenvalue weighted by Gasteiger charge is -2.36. The van der Waals surface area contributed by atoms with Crippen LogP contribution in [0.25, 0.3) is 0 Å². The van der Waals surface area contributed by atoms with E-state index in [1.807, 2.05) is 43.3 Å². The van der Waals surface area contributed by atoms with Crippen LogP contribution in [0.1, 0.15) is 11.3 Å². The summed E-state index contributed by atoms with van der Waals surface area (Å²) in [6.45, 7) is 8.44. The van der Waals surface area contributed by atoms with E-state index in [4.69, 9.17) is 9.72 Å². The second kappa shape index (κ2) is 11.1. The molecule has 4 rings (SSSR count). The first-order valence-corrected chi connectivity index (χ1v) is 11.7. The van der Waals surface area contributed by atoms with Gasteiger partial charge in [-0.25, -0.2) is 9.78 Å². The lowest BCUT2D eigenvalue weighted by atomic mass is 10.2. The van der Waals surface area contributed by atoms with Crippen molar-refractivity contribution < 1.29 is 14.3 Å². The van der Waals surface area contributed by atoms with Gasteiger partial charge >= 0.3 is 6.09 Å². The molecule has 2 aliphatic rings. The normalized spacial score (nSPS) is 16.9. The molecule has 34 heavy (non-hydrogen) atoms. The maximum absolute atomic E-state index is 12.6. The number of anilines is 2. The first-order valence-electron chi connectivity index (χ1n) is 11.7. The van der Waals surface area contributed by atoms with Crippen molar-refractivity contribution in [2.24, 2.45) is 0 Å². The number of nitrogens with one attached hydrogen (secondary N) is 1. The molecule has 1 aromatic heterocycles. The molecule has 0 unspecified atom stereocenters. The summed E-state index contributed by atoms with van der Waals surface area (Å²) in [4.78, 5) is 42.4. The average Bonchev–Trinajstić information content (AvgIpc) is 2.87. The van der Waals surface area contributed by atoms with Crippen LogP contribution in [-0.4, -0.2) is 97.7 Å². The fourth-order valence-electron chi connectivity index (χ4n) is 4.07. The molecule has 0 saturated carbocycles. The van der Waals surface area contributed by atoms with Crippen LogP contribution in [0.3, 0.4) is 0 Å². The molecule has 0 bridgehead atoms. The molecule has 2 aliphatic heterocycles. The van der Waals surface area contributed by atoms with E-state index in [1.165, 1.54) is 0 Å². The maximum Gasteiger partial charge on any atom is 0.407 e. The monoisotopic (exact) mass is 467 g/mol. The van der Waals surface area contributed by atoms with E-state index in [0.717, 1.165) is 43.3 Å². The molecule has 2 amide bonds. The zero-order chi connectivity index (χ0) is 23.9. The van der Waals surface area contributed by atoms with Crippen molar-refractivity contribution in [3.05, 3.63) is 47.7 Å². The maximum atomic E-state index is 12.6. The third-order valence-corrected chi connectivity index (χ3v) is 6.17. The number of alkyl carbamates (subject to hydrolysis) is 1. The SMILES string of the molecule is Cc1cc(N2CCN(C)CC2)nc(N2CCN(C(=O)CNC(=O)OCc3ccccc3)CC2)n1. The first-order chi connectivity index (χ1) is 16.5. The number of ether oxygens (including phenoxy) is 1. The Kier molecular flexibility index (Phi) is 7.79. The molecule has 0 radical (unpaired) electrons. The lowest BCUT2D eigenvalue weighted by molar-refractivity contribution is -0.130. The highest BCUT2D eigenvalue weighted by atomic mass is 16.5. The highest BCUT2D eigenvalue weighted by molar-refractivity contribution is 5.82. The largest absolute Gasteiger partial charge is 0.445 e. The Morgan fingerprint density at radius 3 is 2.32 bits per heavy atom. The number of benzene rings is 1. The summed E-state index contributed by atoms with van der Waals surface area (Å²) in [5.74, 6) is 1.55. The van der Waals surface area contributed by atoms with Crippen LogP contribution in [0.2, 0.25) is 0 Å². The van der Waals surface area contributed by atoms with Crippen LogP contribution < -0.4 is 15.1 Å². The topological polar surface area (TPSA) is 94.1 Å². The Hall–Kier alpha value is -3.40. The van der Waals surface area contributed by atoms with E-state index in [-0.39, 0.29) is 19.1 Å². The summed E-state index contributed by atoms with van der Waals surface area (Å²) < 4.78 is 5.17. The van der Waals surface area contributed by atoms with Crippen LogP contribution in [0.5, 0.6) is 0 Å². The van der Waals surface area contributed by atoms with Crippen molar-refractivity contribution in [3.8, 4) is 0 Å². The number of rotatable bonds is 6. The molecular formula is C24H33N7O3. The van der Waals surface area contributed by atoms with Crippen LogP contribution in [0.15, 0.2) is 36.4 Å². The van der Waals surface area contributed by atoms with Crippen LogP contribution in [0, 0.1) is 6.92 Å². The Labute approximate surface area is 200 Å². The second-order valence-electron chi connectivity index (χ2n) is 8.74.